The zero-order valence-corrected chi connectivity index (χ0v) is 11.8. The molecule has 6 nitrogen and oxygen atoms in total. The number of nitrogens with two attached hydrogens (primary N) is 1. The number of halogens is 2. The molecule has 1 aliphatic rings. The van der Waals surface area contributed by atoms with Crippen molar-refractivity contribution >= 4 is 15.9 Å². The minimum atomic E-state index is -4.46. The van der Waals surface area contributed by atoms with Crippen LogP contribution in [0.1, 0.15) is 23.2 Å². The summed E-state index contributed by atoms with van der Waals surface area (Å²) in [5.41, 5.74) is -0.711. The Balaban J connectivity index is 2.22. The fourth-order valence-electron chi connectivity index (χ4n) is 2.04. The molecule has 0 bridgehead atoms. The number of hydrogen-bond acceptors (Lipinski definition) is 4. The highest BCUT2D eigenvalue weighted by atomic mass is 32.2. The molecule has 0 spiro atoms. The maximum absolute atomic E-state index is 14.0. The molecule has 1 aromatic rings. The predicted octanol–water partition coefficient (Wildman–Crippen LogP) is 0.521. The van der Waals surface area contributed by atoms with Gasteiger partial charge in [-0.3, -0.25) is 4.79 Å². The van der Waals surface area contributed by atoms with Crippen LogP contribution in [-0.4, -0.2) is 33.6 Å². The van der Waals surface area contributed by atoms with Crippen LogP contribution >= 0.6 is 0 Å². The Bertz CT molecular complexity index is 657. The van der Waals surface area contributed by atoms with E-state index in [1.165, 1.54) is 0 Å². The lowest BCUT2D eigenvalue weighted by molar-refractivity contribution is 0.0853. The number of ether oxygens (including phenoxy) is 1. The van der Waals surface area contributed by atoms with Gasteiger partial charge in [-0.1, -0.05) is 0 Å². The lowest BCUT2D eigenvalue weighted by Crippen LogP contribution is -2.32. The van der Waals surface area contributed by atoms with E-state index in [0.717, 1.165) is 12.8 Å². The number of rotatable bonds is 4. The summed E-state index contributed by atoms with van der Waals surface area (Å²) in [5.74, 6) is -3.36. The predicted molar refractivity (Wildman–Crippen MR) is 69.0 cm³/mol. The van der Waals surface area contributed by atoms with Crippen molar-refractivity contribution in [3.63, 3.8) is 0 Å². The van der Waals surface area contributed by atoms with E-state index in [2.05, 4.69) is 5.32 Å². The lowest BCUT2D eigenvalue weighted by Gasteiger charge is -2.12. The Morgan fingerprint density at radius 2 is 2.14 bits per heavy atom. The van der Waals surface area contributed by atoms with Crippen molar-refractivity contribution in [2.75, 3.05) is 13.2 Å². The van der Waals surface area contributed by atoms with E-state index in [1.54, 1.807) is 0 Å². The lowest BCUT2D eigenvalue weighted by atomic mass is 10.2. The van der Waals surface area contributed by atoms with Crippen LogP contribution in [0.15, 0.2) is 17.0 Å². The smallest absolute Gasteiger partial charge is 0.254 e. The molecule has 1 unspecified atom stereocenters. The molecule has 1 aromatic carbocycles. The van der Waals surface area contributed by atoms with E-state index < -0.39 is 38.0 Å². The Morgan fingerprint density at radius 1 is 1.43 bits per heavy atom. The summed E-state index contributed by atoms with van der Waals surface area (Å²) in [6, 6.07) is 1.05. The second-order valence-corrected chi connectivity index (χ2v) is 6.19. The first-order valence-electron chi connectivity index (χ1n) is 6.20. The normalized spacial score (nSPS) is 18.7. The van der Waals surface area contributed by atoms with Gasteiger partial charge in [0.1, 0.15) is 10.7 Å². The van der Waals surface area contributed by atoms with Gasteiger partial charge in [-0.05, 0) is 25.0 Å². The van der Waals surface area contributed by atoms with Gasteiger partial charge >= 0.3 is 0 Å². The largest absolute Gasteiger partial charge is 0.376 e. The summed E-state index contributed by atoms with van der Waals surface area (Å²) in [6.45, 7) is 0.726. The molecule has 1 atom stereocenters. The van der Waals surface area contributed by atoms with E-state index in [1.807, 2.05) is 0 Å². The number of amides is 1. The zero-order chi connectivity index (χ0) is 15.6. The van der Waals surface area contributed by atoms with Gasteiger partial charge in [0.2, 0.25) is 10.0 Å². The second kappa shape index (κ2) is 6.04. The number of primary sulfonamides is 1. The first-order valence-corrected chi connectivity index (χ1v) is 7.75. The molecule has 1 fully saturated rings. The van der Waals surface area contributed by atoms with Crippen molar-refractivity contribution in [1.29, 1.82) is 0 Å². The third-order valence-corrected chi connectivity index (χ3v) is 3.98. The molecule has 0 aromatic heterocycles. The summed E-state index contributed by atoms with van der Waals surface area (Å²) in [5, 5.41) is 7.16. The van der Waals surface area contributed by atoms with Crippen LogP contribution in [0.3, 0.4) is 0 Å². The van der Waals surface area contributed by atoms with E-state index >= 15 is 0 Å². The molecule has 3 N–H and O–H groups in total. The van der Waals surface area contributed by atoms with Crippen LogP contribution in [0.2, 0.25) is 0 Å². The topological polar surface area (TPSA) is 98.5 Å². The summed E-state index contributed by atoms with van der Waals surface area (Å²) < 4.78 is 54.9. The van der Waals surface area contributed by atoms with Crippen LogP contribution in [-0.2, 0) is 14.8 Å². The summed E-state index contributed by atoms with van der Waals surface area (Å²) >= 11 is 0. The number of sulfonamides is 1. The maximum Gasteiger partial charge on any atom is 0.254 e. The summed E-state index contributed by atoms with van der Waals surface area (Å²) in [7, 11) is -4.46. The minimum absolute atomic E-state index is 0.138. The zero-order valence-electron chi connectivity index (χ0n) is 10.9. The van der Waals surface area contributed by atoms with Gasteiger partial charge in [-0.15, -0.1) is 0 Å². The standard InChI is InChI=1S/C12H14F2N2O4S/c13-7-4-9(11(14)10(5-7)21(15,18)19)12(17)16-6-8-2-1-3-20-8/h4-5,8H,1-3,6H2,(H,16,17)(H2,15,18,19). The minimum Gasteiger partial charge on any atom is -0.376 e. The van der Waals surface area contributed by atoms with Crippen molar-refractivity contribution < 1.29 is 26.7 Å². The second-order valence-electron chi connectivity index (χ2n) is 4.66. The monoisotopic (exact) mass is 320 g/mol. The molecule has 21 heavy (non-hydrogen) atoms. The Hall–Kier alpha value is -1.58. The molecule has 116 valence electrons. The van der Waals surface area contributed by atoms with Crippen LogP contribution < -0.4 is 10.5 Å². The van der Waals surface area contributed by atoms with Crippen LogP contribution in [0.25, 0.3) is 0 Å². The van der Waals surface area contributed by atoms with Gasteiger partial charge in [-0.2, -0.15) is 0 Å². The van der Waals surface area contributed by atoms with Crippen LogP contribution in [0.4, 0.5) is 8.78 Å². The number of carbonyl (C=O) groups is 1. The average Bonchev–Trinajstić information content (AvgIpc) is 2.90. The molecule has 1 saturated heterocycles. The van der Waals surface area contributed by atoms with E-state index in [9.17, 15) is 22.0 Å². The van der Waals surface area contributed by atoms with E-state index in [4.69, 9.17) is 9.88 Å². The third-order valence-electron chi connectivity index (χ3n) is 3.07. The SMILES string of the molecule is NS(=O)(=O)c1cc(F)cc(C(=O)NCC2CCCO2)c1F. The fraction of sp³-hybridized carbons (Fsp3) is 0.417. The molecular weight excluding hydrogens is 306 g/mol. The average molecular weight is 320 g/mol. The van der Waals surface area contributed by atoms with Gasteiger partial charge < -0.3 is 10.1 Å². The fourth-order valence-corrected chi connectivity index (χ4v) is 2.68. The van der Waals surface area contributed by atoms with Crippen LogP contribution in [0.5, 0.6) is 0 Å². The van der Waals surface area contributed by atoms with Gasteiger partial charge in [0.25, 0.3) is 5.91 Å². The quantitative estimate of drug-likeness (QED) is 0.845. The van der Waals surface area contributed by atoms with Gasteiger partial charge in [-0.25, -0.2) is 22.3 Å². The molecule has 0 aliphatic carbocycles. The van der Waals surface area contributed by atoms with Crippen molar-refractivity contribution in [1.82, 2.24) is 5.32 Å². The molecule has 2 rings (SSSR count). The molecule has 1 amide bonds. The molecule has 0 radical (unpaired) electrons. The Morgan fingerprint density at radius 3 is 2.71 bits per heavy atom. The van der Waals surface area contributed by atoms with Crippen molar-refractivity contribution in [2.45, 2.75) is 23.8 Å². The number of benzene rings is 1. The highest BCUT2D eigenvalue weighted by Crippen LogP contribution is 2.19. The molecule has 1 heterocycles. The van der Waals surface area contributed by atoms with Crippen LogP contribution in [0, 0.1) is 11.6 Å². The molecular formula is C12H14F2N2O4S. The molecule has 9 heteroatoms. The van der Waals surface area contributed by atoms with E-state index in [0.29, 0.717) is 18.7 Å². The van der Waals surface area contributed by atoms with Gasteiger partial charge in [0.15, 0.2) is 5.82 Å². The van der Waals surface area contributed by atoms with E-state index in [-0.39, 0.29) is 12.6 Å². The summed E-state index contributed by atoms with van der Waals surface area (Å²) in [6.07, 6.45) is 1.45. The summed E-state index contributed by atoms with van der Waals surface area (Å²) in [4.78, 5) is 10.8. The highest BCUT2D eigenvalue weighted by molar-refractivity contribution is 7.89. The van der Waals surface area contributed by atoms with Gasteiger partial charge in [0, 0.05) is 13.2 Å². The van der Waals surface area contributed by atoms with Gasteiger partial charge in [0.05, 0.1) is 11.7 Å². The highest BCUT2D eigenvalue weighted by Gasteiger charge is 2.24. The first-order chi connectivity index (χ1) is 9.79. The van der Waals surface area contributed by atoms with Crippen molar-refractivity contribution in [2.24, 2.45) is 5.14 Å². The van der Waals surface area contributed by atoms with Crippen molar-refractivity contribution in [3.05, 3.63) is 29.3 Å². The molecule has 1 aliphatic heterocycles. The number of nitrogens with one attached hydrogen (secondary N) is 1. The molecule has 0 saturated carbocycles. The number of carbonyl (C=O) groups excluding carboxylic acids is 1. The number of hydrogen-bond donors (Lipinski definition) is 2. The van der Waals surface area contributed by atoms with Crippen molar-refractivity contribution in [3.8, 4) is 0 Å². The Labute approximate surface area is 120 Å². The maximum atomic E-state index is 14.0. The third kappa shape index (κ3) is 3.74. The Kier molecular flexibility index (Phi) is 4.55. The first kappa shape index (κ1) is 15.8.